The van der Waals surface area contributed by atoms with Gasteiger partial charge < -0.3 is 10.7 Å². The number of anilines is 1. The summed E-state index contributed by atoms with van der Waals surface area (Å²) in [6.07, 6.45) is 3.40. The monoisotopic (exact) mass is 225 g/mol. The van der Waals surface area contributed by atoms with E-state index >= 15 is 0 Å². The van der Waals surface area contributed by atoms with Gasteiger partial charge in [0.2, 0.25) is 0 Å². The average Bonchev–Trinajstić information content (AvgIpc) is 2.61. The Labute approximate surface area is 87.1 Å². The van der Waals surface area contributed by atoms with Crippen molar-refractivity contribution in [3.8, 4) is 0 Å². The molecule has 0 fully saturated rings. The smallest absolute Gasteiger partial charge is 0.266 e. The second-order valence-electron chi connectivity index (χ2n) is 2.59. The summed E-state index contributed by atoms with van der Waals surface area (Å²) >= 11 is 2.67. The summed E-state index contributed by atoms with van der Waals surface area (Å²) in [7, 11) is 0. The third-order valence-electron chi connectivity index (χ3n) is 1.52. The molecule has 3 N–H and O–H groups in total. The molecule has 0 bridgehead atoms. The van der Waals surface area contributed by atoms with Gasteiger partial charge in [-0.2, -0.15) is 0 Å². The van der Waals surface area contributed by atoms with E-state index in [1.807, 2.05) is 0 Å². The van der Waals surface area contributed by atoms with Gasteiger partial charge >= 0.3 is 0 Å². The first-order valence-corrected chi connectivity index (χ1v) is 5.39. The van der Waals surface area contributed by atoms with Crippen LogP contribution in [-0.4, -0.2) is 9.97 Å². The van der Waals surface area contributed by atoms with Crippen LogP contribution in [0.1, 0.15) is 4.88 Å². The van der Waals surface area contributed by atoms with Gasteiger partial charge in [-0.3, -0.25) is 4.79 Å². The Morgan fingerprint density at radius 3 is 2.86 bits per heavy atom. The molecule has 0 spiro atoms. The van der Waals surface area contributed by atoms with E-state index in [1.165, 1.54) is 22.7 Å². The van der Waals surface area contributed by atoms with Crippen molar-refractivity contribution in [2.45, 2.75) is 0 Å². The molecule has 0 unspecified atom stereocenters. The maximum absolute atomic E-state index is 11.3. The minimum absolute atomic E-state index is 0.119. The molecule has 0 amide bonds. The SMILES string of the molecule is C=c1[nH]c(=O)/c(=C/c2cnc(N)s2)s1. The molecule has 0 atom stereocenters. The van der Waals surface area contributed by atoms with E-state index < -0.39 is 0 Å². The fraction of sp³-hybridized carbons (Fsp3) is 0. The molecule has 0 aromatic carbocycles. The maximum atomic E-state index is 11.3. The van der Waals surface area contributed by atoms with Crippen molar-refractivity contribution in [1.82, 2.24) is 9.97 Å². The number of aromatic nitrogens is 2. The van der Waals surface area contributed by atoms with Crippen LogP contribution in [0.15, 0.2) is 11.0 Å². The van der Waals surface area contributed by atoms with Crippen LogP contribution in [0, 0.1) is 0 Å². The Balaban J connectivity index is 2.59. The third kappa shape index (κ3) is 1.75. The van der Waals surface area contributed by atoms with E-state index in [-0.39, 0.29) is 5.56 Å². The third-order valence-corrected chi connectivity index (χ3v) is 3.17. The Kier molecular flexibility index (Phi) is 2.22. The lowest BCUT2D eigenvalue weighted by atomic mass is 10.5. The van der Waals surface area contributed by atoms with Gasteiger partial charge in [-0.1, -0.05) is 17.9 Å². The fourth-order valence-corrected chi connectivity index (χ4v) is 2.43. The number of hydrogen-bond donors (Lipinski definition) is 2. The Morgan fingerprint density at radius 2 is 2.36 bits per heavy atom. The van der Waals surface area contributed by atoms with Crippen LogP contribution in [0.3, 0.4) is 0 Å². The molecule has 4 nitrogen and oxygen atoms in total. The summed E-state index contributed by atoms with van der Waals surface area (Å²) in [6.45, 7) is 3.65. The van der Waals surface area contributed by atoms with Gasteiger partial charge in [-0.25, -0.2) is 4.98 Å². The molecule has 0 saturated carbocycles. The summed E-state index contributed by atoms with van der Waals surface area (Å²) in [6, 6.07) is 0. The number of nitrogens with zero attached hydrogens (tertiary/aromatic N) is 1. The van der Waals surface area contributed by atoms with Gasteiger partial charge in [-0.15, -0.1) is 11.3 Å². The fourth-order valence-electron chi connectivity index (χ4n) is 0.984. The van der Waals surface area contributed by atoms with E-state index in [0.29, 0.717) is 14.3 Å². The van der Waals surface area contributed by atoms with Crippen LogP contribution < -0.4 is 20.5 Å². The van der Waals surface area contributed by atoms with Gasteiger partial charge in [-0.05, 0) is 6.08 Å². The highest BCUT2D eigenvalue weighted by Gasteiger charge is 1.96. The van der Waals surface area contributed by atoms with Crippen molar-refractivity contribution < 1.29 is 0 Å². The number of H-pyrrole nitrogens is 1. The van der Waals surface area contributed by atoms with E-state index in [0.717, 1.165) is 4.88 Å². The molecular formula is C8H7N3OS2. The lowest BCUT2D eigenvalue weighted by Crippen LogP contribution is -2.19. The lowest BCUT2D eigenvalue weighted by Gasteiger charge is -1.76. The van der Waals surface area contributed by atoms with Crippen molar-refractivity contribution in [3.05, 3.63) is 30.6 Å². The number of nitrogens with one attached hydrogen (secondary N) is 1. The molecule has 0 aliphatic carbocycles. The van der Waals surface area contributed by atoms with Crippen molar-refractivity contribution in [2.75, 3.05) is 5.73 Å². The molecule has 14 heavy (non-hydrogen) atoms. The van der Waals surface area contributed by atoms with Crippen molar-refractivity contribution >= 4 is 40.5 Å². The largest absolute Gasteiger partial charge is 0.375 e. The van der Waals surface area contributed by atoms with Gasteiger partial charge in [0.05, 0.1) is 14.1 Å². The molecule has 0 saturated heterocycles. The number of aromatic amines is 1. The Morgan fingerprint density at radius 1 is 1.57 bits per heavy atom. The molecule has 2 aromatic heterocycles. The zero-order chi connectivity index (χ0) is 10.1. The van der Waals surface area contributed by atoms with Gasteiger partial charge in [0.15, 0.2) is 5.13 Å². The van der Waals surface area contributed by atoms with Crippen molar-refractivity contribution in [3.63, 3.8) is 0 Å². The van der Waals surface area contributed by atoms with E-state index in [9.17, 15) is 4.79 Å². The summed E-state index contributed by atoms with van der Waals surface area (Å²) in [5.41, 5.74) is 5.35. The Bertz CT molecular complexity index is 607. The zero-order valence-electron chi connectivity index (χ0n) is 7.11. The zero-order valence-corrected chi connectivity index (χ0v) is 8.74. The minimum atomic E-state index is -0.119. The molecule has 2 aromatic rings. The van der Waals surface area contributed by atoms with Crippen molar-refractivity contribution in [1.29, 1.82) is 0 Å². The first-order chi connectivity index (χ1) is 6.65. The quantitative estimate of drug-likeness (QED) is 0.701. The number of nitrogens with two attached hydrogens (primary N) is 1. The molecule has 2 rings (SSSR count). The lowest BCUT2D eigenvalue weighted by molar-refractivity contribution is 1.26. The van der Waals surface area contributed by atoms with Crippen LogP contribution >= 0.6 is 22.7 Å². The van der Waals surface area contributed by atoms with Crippen LogP contribution in [0.5, 0.6) is 0 Å². The predicted octanol–water partition coefficient (Wildman–Crippen LogP) is -0.286. The highest BCUT2D eigenvalue weighted by atomic mass is 32.1. The summed E-state index contributed by atoms with van der Waals surface area (Å²) in [5, 5.41) is 0.499. The second-order valence-corrected chi connectivity index (χ2v) is 4.82. The van der Waals surface area contributed by atoms with Crippen LogP contribution in [-0.2, 0) is 0 Å². The first kappa shape index (κ1) is 9.17. The van der Waals surface area contributed by atoms with Crippen LogP contribution in [0.2, 0.25) is 0 Å². The molecule has 6 heteroatoms. The first-order valence-electron chi connectivity index (χ1n) is 3.76. The highest BCUT2D eigenvalue weighted by Crippen LogP contribution is 2.14. The van der Waals surface area contributed by atoms with Gasteiger partial charge in [0, 0.05) is 6.20 Å². The van der Waals surface area contributed by atoms with Gasteiger partial charge in [0.1, 0.15) is 0 Å². The molecule has 72 valence electrons. The van der Waals surface area contributed by atoms with E-state index in [1.54, 1.807) is 12.3 Å². The Hall–Kier alpha value is -1.40. The standard InChI is InChI=1S/C8H7N3OS2/c1-4-11-7(12)6(13-4)2-5-3-10-8(9)14-5/h2-3H,1H2,(H2,9,10)(H,11,12)/b6-2-. The maximum Gasteiger partial charge on any atom is 0.266 e. The number of nitrogen functional groups attached to an aromatic ring is 1. The van der Waals surface area contributed by atoms with Gasteiger partial charge in [0.25, 0.3) is 5.56 Å². The molecular weight excluding hydrogens is 218 g/mol. The molecule has 0 aliphatic rings. The molecule has 2 heterocycles. The normalized spacial score (nSPS) is 12.1. The molecule has 0 radical (unpaired) electrons. The topological polar surface area (TPSA) is 71.8 Å². The number of rotatable bonds is 1. The van der Waals surface area contributed by atoms with Crippen molar-refractivity contribution in [2.24, 2.45) is 0 Å². The summed E-state index contributed by atoms with van der Waals surface area (Å²) in [5.74, 6) is 0. The number of hydrogen-bond acceptors (Lipinski definition) is 5. The van der Waals surface area contributed by atoms with E-state index in [4.69, 9.17) is 5.73 Å². The summed E-state index contributed by atoms with van der Waals surface area (Å²) < 4.78 is 1.28. The van der Waals surface area contributed by atoms with E-state index in [2.05, 4.69) is 16.5 Å². The average molecular weight is 225 g/mol. The molecule has 0 aliphatic heterocycles. The van der Waals surface area contributed by atoms with Crippen LogP contribution in [0.4, 0.5) is 5.13 Å². The second kappa shape index (κ2) is 3.39. The number of thiazole rings is 2. The van der Waals surface area contributed by atoms with Crippen LogP contribution in [0.25, 0.3) is 12.7 Å². The minimum Gasteiger partial charge on any atom is -0.375 e. The summed E-state index contributed by atoms with van der Waals surface area (Å²) in [4.78, 5) is 18.7. The highest BCUT2D eigenvalue weighted by molar-refractivity contribution is 7.16. The predicted molar refractivity (Wildman–Crippen MR) is 59.8 cm³/mol.